The zero-order valence-corrected chi connectivity index (χ0v) is 15.3. The molecule has 5 nitrogen and oxygen atoms in total. The zero-order valence-electron chi connectivity index (χ0n) is 14.5. The van der Waals surface area contributed by atoms with Crippen molar-refractivity contribution in [2.24, 2.45) is 11.8 Å². The smallest absolute Gasteiger partial charge is 0.225 e. The number of likely N-dealkylation sites (tertiary alicyclic amines) is 1. The van der Waals surface area contributed by atoms with Gasteiger partial charge in [0.15, 0.2) is 0 Å². The quantitative estimate of drug-likeness (QED) is 0.856. The molecule has 1 aromatic rings. The largest absolute Gasteiger partial charge is 0.354 e. The van der Waals surface area contributed by atoms with Gasteiger partial charge in [-0.1, -0.05) is 0 Å². The first-order valence-corrected chi connectivity index (χ1v) is 9.75. The highest BCUT2D eigenvalue weighted by molar-refractivity contribution is 7.07. The van der Waals surface area contributed by atoms with Gasteiger partial charge in [-0.3, -0.25) is 9.59 Å². The summed E-state index contributed by atoms with van der Waals surface area (Å²) in [5, 5.41) is 7.31. The average molecular weight is 350 g/mol. The van der Waals surface area contributed by atoms with Crippen LogP contribution in [0.2, 0.25) is 0 Å². The van der Waals surface area contributed by atoms with Gasteiger partial charge in [-0.05, 0) is 62.2 Å². The molecule has 0 unspecified atom stereocenters. The average Bonchev–Trinajstić information content (AvgIpc) is 3.30. The summed E-state index contributed by atoms with van der Waals surface area (Å²) in [4.78, 5) is 28.9. The van der Waals surface area contributed by atoms with Crippen molar-refractivity contribution in [3.8, 4) is 0 Å². The summed E-state index contributed by atoms with van der Waals surface area (Å²) in [5.74, 6) is 0.526. The van der Waals surface area contributed by atoms with Crippen LogP contribution >= 0.6 is 11.3 Å². The lowest BCUT2D eigenvalue weighted by Crippen LogP contribution is -2.47. The maximum atomic E-state index is 12.6. The molecule has 1 saturated heterocycles. The molecule has 3 rings (SSSR count). The Balaban J connectivity index is 1.53. The first kappa shape index (κ1) is 17.4. The lowest BCUT2D eigenvalue weighted by molar-refractivity contribution is -0.136. The fourth-order valence-electron chi connectivity index (χ4n) is 3.38. The predicted molar refractivity (Wildman–Crippen MR) is 95.8 cm³/mol. The van der Waals surface area contributed by atoms with Crippen molar-refractivity contribution in [2.75, 3.05) is 33.7 Å². The van der Waals surface area contributed by atoms with Crippen LogP contribution in [0.3, 0.4) is 0 Å². The van der Waals surface area contributed by atoms with Crippen molar-refractivity contribution in [3.63, 3.8) is 0 Å². The van der Waals surface area contributed by atoms with Gasteiger partial charge in [0.1, 0.15) is 0 Å². The van der Waals surface area contributed by atoms with Crippen LogP contribution in [0, 0.1) is 11.8 Å². The van der Waals surface area contributed by atoms with Gasteiger partial charge in [0.05, 0.1) is 12.0 Å². The van der Waals surface area contributed by atoms with Gasteiger partial charge >= 0.3 is 0 Å². The third-order valence-electron chi connectivity index (χ3n) is 5.05. The van der Waals surface area contributed by atoms with E-state index in [4.69, 9.17) is 0 Å². The number of hydrogen-bond acceptors (Lipinski definition) is 4. The highest BCUT2D eigenvalue weighted by Gasteiger charge is 2.36. The predicted octanol–water partition coefficient (Wildman–Crippen LogP) is 2.12. The van der Waals surface area contributed by atoms with Crippen molar-refractivity contribution in [1.82, 2.24) is 15.1 Å². The van der Waals surface area contributed by atoms with E-state index in [1.165, 1.54) is 5.56 Å². The molecule has 132 valence electrons. The minimum absolute atomic E-state index is 0.0632. The molecule has 0 radical (unpaired) electrons. The molecule has 24 heavy (non-hydrogen) atoms. The fourth-order valence-corrected chi connectivity index (χ4v) is 4.09. The number of rotatable bonds is 6. The van der Waals surface area contributed by atoms with E-state index in [-0.39, 0.29) is 29.7 Å². The summed E-state index contributed by atoms with van der Waals surface area (Å²) >= 11 is 1.68. The standard InChI is InChI=1S/C18H27N3O2S/c1-20(2)16(15-7-9-24-12-15)10-19-17(22)14-4-3-8-21(11-14)18(23)13-5-6-13/h7,9,12-14,16H,3-6,8,10-11H2,1-2H3,(H,19,22)/t14-,16+/m1/s1. The number of thiophene rings is 1. The van der Waals surface area contributed by atoms with Crippen molar-refractivity contribution >= 4 is 23.2 Å². The fraction of sp³-hybridized carbons (Fsp3) is 0.667. The molecule has 2 fully saturated rings. The van der Waals surface area contributed by atoms with Crippen LogP contribution in [-0.4, -0.2) is 55.3 Å². The number of hydrogen-bond donors (Lipinski definition) is 1. The Morgan fingerprint density at radius 3 is 2.75 bits per heavy atom. The van der Waals surface area contributed by atoms with Crippen molar-refractivity contribution < 1.29 is 9.59 Å². The molecule has 0 spiro atoms. The highest BCUT2D eigenvalue weighted by Crippen LogP contribution is 2.32. The molecule has 2 amide bonds. The second-order valence-electron chi connectivity index (χ2n) is 7.18. The van der Waals surface area contributed by atoms with Gasteiger partial charge in [-0.2, -0.15) is 11.3 Å². The van der Waals surface area contributed by atoms with Gasteiger partial charge in [0.2, 0.25) is 11.8 Å². The monoisotopic (exact) mass is 349 g/mol. The van der Waals surface area contributed by atoms with Gasteiger partial charge in [0.25, 0.3) is 0 Å². The van der Waals surface area contributed by atoms with Gasteiger partial charge in [-0.15, -0.1) is 0 Å². The molecule has 1 aliphatic heterocycles. The molecule has 2 atom stereocenters. The molecule has 1 saturated carbocycles. The molecule has 1 aromatic heterocycles. The van der Waals surface area contributed by atoms with E-state index in [1.807, 2.05) is 19.0 Å². The normalized spacial score (nSPS) is 22.5. The topological polar surface area (TPSA) is 52.7 Å². The van der Waals surface area contributed by atoms with Crippen LogP contribution in [0.1, 0.15) is 37.3 Å². The number of carbonyl (C=O) groups is 2. The number of likely N-dealkylation sites (N-methyl/N-ethyl adjacent to an activating group) is 1. The maximum absolute atomic E-state index is 12.6. The minimum Gasteiger partial charge on any atom is -0.354 e. The van der Waals surface area contributed by atoms with E-state index in [9.17, 15) is 9.59 Å². The molecule has 0 aromatic carbocycles. The second kappa shape index (κ2) is 7.66. The van der Waals surface area contributed by atoms with Crippen LogP contribution < -0.4 is 5.32 Å². The number of carbonyl (C=O) groups excluding carboxylic acids is 2. The van der Waals surface area contributed by atoms with E-state index >= 15 is 0 Å². The molecular formula is C18H27N3O2S. The van der Waals surface area contributed by atoms with Crippen molar-refractivity contribution in [2.45, 2.75) is 31.7 Å². The third-order valence-corrected chi connectivity index (χ3v) is 5.75. The van der Waals surface area contributed by atoms with Gasteiger partial charge in [0, 0.05) is 25.6 Å². The van der Waals surface area contributed by atoms with Crippen LogP contribution in [0.25, 0.3) is 0 Å². The molecular weight excluding hydrogens is 322 g/mol. The molecule has 1 aliphatic carbocycles. The summed E-state index contributed by atoms with van der Waals surface area (Å²) in [6.07, 6.45) is 3.86. The second-order valence-corrected chi connectivity index (χ2v) is 7.96. The van der Waals surface area contributed by atoms with E-state index in [2.05, 4.69) is 27.0 Å². The Labute approximate surface area is 148 Å². The number of nitrogens with zero attached hydrogens (tertiary/aromatic N) is 2. The molecule has 0 bridgehead atoms. The molecule has 2 heterocycles. The first-order chi connectivity index (χ1) is 11.6. The van der Waals surface area contributed by atoms with E-state index in [0.717, 1.165) is 32.2 Å². The zero-order chi connectivity index (χ0) is 17.1. The highest BCUT2D eigenvalue weighted by atomic mass is 32.1. The minimum atomic E-state index is -0.0632. The number of amides is 2. The summed E-state index contributed by atoms with van der Waals surface area (Å²) < 4.78 is 0. The van der Waals surface area contributed by atoms with E-state index in [1.54, 1.807) is 11.3 Å². The SMILES string of the molecule is CN(C)[C@@H](CNC(=O)[C@@H]1CCCN(C(=O)C2CC2)C1)c1ccsc1. The Hall–Kier alpha value is -1.40. The maximum Gasteiger partial charge on any atom is 0.225 e. The Morgan fingerprint density at radius 1 is 1.33 bits per heavy atom. The van der Waals surface area contributed by atoms with E-state index in [0.29, 0.717) is 13.1 Å². The Kier molecular flexibility index (Phi) is 5.56. The number of piperidine rings is 1. The number of nitrogens with one attached hydrogen (secondary N) is 1. The van der Waals surface area contributed by atoms with Crippen LogP contribution in [0.4, 0.5) is 0 Å². The van der Waals surface area contributed by atoms with E-state index < -0.39 is 0 Å². The summed E-state index contributed by atoms with van der Waals surface area (Å²) in [5.41, 5.74) is 1.24. The first-order valence-electron chi connectivity index (χ1n) is 8.81. The summed E-state index contributed by atoms with van der Waals surface area (Å²) in [7, 11) is 4.07. The summed E-state index contributed by atoms with van der Waals surface area (Å²) in [6.45, 7) is 2.01. The van der Waals surface area contributed by atoms with Gasteiger partial charge < -0.3 is 15.1 Å². The van der Waals surface area contributed by atoms with Crippen LogP contribution in [0.15, 0.2) is 16.8 Å². The van der Waals surface area contributed by atoms with Crippen LogP contribution in [-0.2, 0) is 9.59 Å². The third kappa shape index (κ3) is 4.16. The Bertz CT molecular complexity index is 569. The molecule has 2 aliphatic rings. The Morgan fingerprint density at radius 2 is 2.12 bits per heavy atom. The van der Waals surface area contributed by atoms with Crippen LogP contribution in [0.5, 0.6) is 0 Å². The lowest BCUT2D eigenvalue weighted by Gasteiger charge is -2.33. The van der Waals surface area contributed by atoms with Crippen molar-refractivity contribution in [3.05, 3.63) is 22.4 Å². The molecule has 6 heteroatoms. The molecule has 1 N–H and O–H groups in total. The van der Waals surface area contributed by atoms with Crippen molar-refractivity contribution in [1.29, 1.82) is 0 Å². The lowest BCUT2D eigenvalue weighted by atomic mass is 9.96. The van der Waals surface area contributed by atoms with Gasteiger partial charge in [-0.25, -0.2) is 0 Å². The summed E-state index contributed by atoms with van der Waals surface area (Å²) in [6, 6.07) is 2.30.